The van der Waals surface area contributed by atoms with Gasteiger partial charge in [-0.15, -0.1) is 0 Å². The topological polar surface area (TPSA) is 27.6 Å². The van der Waals surface area contributed by atoms with Gasteiger partial charge in [0.25, 0.3) is 0 Å². The summed E-state index contributed by atoms with van der Waals surface area (Å²) in [5, 5.41) is 4.82. The quantitative estimate of drug-likeness (QED) is 0.0352. The van der Waals surface area contributed by atoms with Gasteiger partial charge < -0.3 is 10.3 Å². The minimum Gasteiger partial charge on any atom is -0.309 e. The zero-order chi connectivity index (χ0) is 31.3. The van der Waals surface area contributed by atoms with E-state index in [-0.39, 0.29) is 0 Å². The number of hydrazone groups is 1. The molecule has 0 saturated heterocycles. The van der Waals surface area contributed by atoms with E-state index in [1.165, 1.54) is 153 Å². The Bertz CT molecular complexity index is 686. The second-order valence-electron chi connectivity index (χ2n) is 12.7. The maximum Gasteiger partial charge on any atom is 0.0456 e. The first kappa shape index (κ1) is 41.4. The fourth-order valence-corrected chi connectivity index (χ4v) is 5.12. The number of unbranched alkanes of at least 4 members (excludes halogenated alkanes) is 17. The Kier molecular flexibility index (Phi) is 35.2. The van der Waals surface area contributed by atoms with Crippen molar-refractivity contribution in [2.75, 3.05) is 27.2 Å². The van der Waals surface area contributed by atoms with Crippen LogP contribution in [0.15, 0.2) is 53.7 Å². The Balaban J connectivity index is 3.89. The molecule has 0 aliphatic heterocycles. The van der Waals surface area contributed by atoms with Crippen LogP contribution in [0, 0.1) is 0 Å². The fraction of sp³-hybridized carbons (Fsp3) is 0.775. The SMILES string of the molecule is CCCC/C=C\C/C=C\CCCCCCCCC(CCCCCCCC/C=C\C/C=C\CCCCC)=NNCCN(C)C. The molecule has 0 rings (SSSR count). The maximum atomic E-state index is 4.82. The summed E-state index contributed by atoms with van der Waals surface area (Å²) in [7, 11) is 4.25. The summed E-state index contributed by atoms with van der Waals surface area (Å²) in [5.74, 6) is 0. The lowest BCUT2D eigenvalue weighted by atomic mass is 10.0. The molecule has 0 unspecified atom stereocenters. The Morgan fingerprint density at radius 2 is 0.884 bits per heavy atom. The molecule has 0 fully saturated rings. The highest BCUT2D eigenvalue weighted by molar-refractivity contribution is 5.84. The van der Waals surface area contributed by atoms with Gasteiger partial charge in [0.1, 0.15) is 0 Å². The summed E-state index contributed by atoms with van der Waals surface area (Å²) in [6.07, 6.45) is 51.1. The van der Waals surface area contributed by atoms with Crippen LogP contribution >= 0.6 is 0 Å². The average Bonchev–Trinajstić information content (AvgIpc) is 3.00. The molecule has 3 heteroatoms. The summed E-state index contributed by atoms with van der Waals surface area (Å²) in [5.41, 5.74) is 4.75. The lowest BCUT2D eigenvalue weighted by molar-refractivity contribution is 0.402. The van der Waals surface area contributed by atoms with Crippen molar-refractivity contribution in [3.05, 3.63) is 48.6 Å². The van der Waals surface area contributed by atoms with Crippen LogP contribution in [-0.2, 0) is 0 Å². The van der Waals surface area contributed by atoms with Crippen LogP contribution in [0.5, 0.6) is 0 Å². The molecule has 0 saturated carbocycles. The maximum absolute atomic E-state index is 4.82. The summed E-state index contributed by atoms with van der Waals surface area (Å²) < 4.78 is 0. The smallest absolute Gasteiger partial charge is 0.0456 e. The Hall–Kier alpha value is -1.61. The van der Waals surface area contributed by atoms with Crippen molar-refractivity contribution in [3.63, 3.8) is 0 Å². The van der Waals surface area contributed by atoms with Gasteiger partial charge in [-0.2, -0.15) is 5.10 Å². The molecule has 0 aliphatic carbocycles. The molecular weight excluding hydrogens is 522 g/mol. The summed E-state index contributed by atoms with van der Waals surface area (Å²) in [6.45, 7) is 6.49. The zero-order valence-electron chi connectivity index (χ0n) is 29.6. The Morgan fingerprint density at radius 1 is 0.488 bits per heavy atom. The van der Waals surface area contributed by atoms with Crippen molar-refractivity contribution >= 4 is 5.71 Å². The van der Waals surface area contributed by atoms with E-state index in [9.17, 15) is 0 Å². The van der Waals surface area contributed by atoms with E-state index in [0.29, 0.717) is 0 Å². The van der Waals surface area contributed by atoms with Gasteiger partial charge in [-0.05, 0) is 97.6 Å². The molecule has 0 bridgehead atoms. The third-order valence-corrected chi connectivity index (χ3v) is 7.99. The summed E-state index contributed by atoms with van der Waals surface area (Å²) in [6, 6.07) is 0. The third-order valence-electron chi connectivity index (χ3n) is 7.99. The van der Waals surface area contributed by atoms with Crippen LogP contribution in [0.25, 0.3) is 0 Å². The lowest BCUT2D eigenvalue weighted by Crippen LogP contribution is -2.24. The monoisotopic (exact) mass is 598 g/mol. The van der Waals surface area contributed by atoms with Gasteiger partial charge in [-0.25, -0.2) is 0 Å². The van der Waals surface area contributed by atoms with E-state index in [0.717, 1.165) is 25.9 Å². The second-order valence-corrected chi connectivity index (χ2v) is 12.7. The van der Waals surface area contributed by atoms with E-state index in [2.05, 4.69) is 86.9 Å². The molecule has 3 nitrogen and oxygen atoms in total. The van der Waals surface area contributed by atoms with Gasteiger partial charge in [0.15, 0.2) is 0 Å². The first-order valence-electron chi connectivity index (χ1n) is 18.7. The highest BCUT2D eigenvalue weighted by Gasteiger charge is 2.02. The Labute approximate surface area is 270 Å². The number of likely N-dealkylation sites (N-methyl/N-ethyl adjacent to an activating group) is 1. The molecule has 0 aromatic rings. The number of allylic oxidation sites excluding steroid dienone is 8. The molecule has 0 aromatic carbocycles. The van der Waals surface area contributed by atoms with Crippen molar-refractivity contribution in [3.8, 4) is 0 Å². The van der Waals surface area contributed by atoms with Crippen LogP contribution < -0.4 is 5.43 Å². The van der Waals surface area contributed by atoms with Gasteiger partial charge in [0, 0.05) is 18.8 Å². The molecule has 0 amide bonds. The van der Waals surface area contributed by atoms with Gasteiger partial charge >= 0.3 is 0 Å². The summed E-state index contributed by atoms with van der Waals surface area (Å²) in [4.78, 5) is 2.21. The highest BCUT2D eigenvalue weighted by atomic mass is 15.3. The zero-order valence-corrected chi connectivity index (χ0v) is 29.6. The van der Waals surface area contributed by atoms with Crippen LogP contribution in [-0.4, -0.2) is 37.8 Å². The minimum absolute atomic E-state index is 0.934. The normalized spacial score (nSPS) is 12.8. The number of nitrogens with zero attached hydrogens (tertiary/aromatic N) is 2. The molecule has 0 spiro atoms. The highest BCUT2D eigenvalue weighted by Crippen LogP contribution is 2.14. The van der Waals surface area contributed by atoms with E-state index in [1.807, 2.05) is 0 Å². The summed E-state index contributed by atoms with van der Waals surface area (Å²) >= 11 is 0. The molecule has 0 atom stereocenters. The number of nitrogens with one attached hydrogen (secondary N) is 1. The molecule has 250 valence electrons. The number of rotatable bonds is 33. The molecule has 0 radical (unpaired) electrons. The number of hydrogen-bond donors (Lipinski definition) is 1. The standard InChI is InChI=1S/C40H75N3/c1-5-7-9-11-13-15-17-19-21-23-25-27-29-31-33-35-37-40(42-41-38-39-43(3)4)36-34-32-30-28-26-24-22-20-18-16-14-12-10-8-6-2/h12-15,18-21,41H,5-11,16-17,22-39H2,1-4H3/b14-12-,15-13-,20-18-,21-19-,42-40?. The van der Waals surface area contributed by atoms with Crippen LogP contribution in [0.1, 0.15) is 174 Å². The predicted octanol–water partition coefficient (Wildman–Crippen LogP) is 12.5. The van der Waals surface area contributed by atoms with Gasteiger partial charge in [-0.1, -0.05) is 140 Å². The molecule has 0 aromatic heterocycles. The first-order chi connectivity index (χ1) is 21.2. The van der Waals surface area contributed by atoms with Gasteiger partial charge in [0.05, 0.1) is 0 Å². The molecule has 43 heavy (non-hydrogen) atoms. The molecule has 1 N–H and O–H groups in total. The van der Waals surface area contributed by atoms with Crippen molar-refractivity contribution < 1.29 is 0 Å². The van der Waals surface area contributed by atoms with Crippen LogP contribution in [0.3, 0.4) is 0 Å². The predicted molar refractivity (Wildman–Crippen MR) is 197 cm³/mol. The Morgan fingerprint density at radius 3 is 1.33 bits per heavy atom. The van der Waals surface area contributed by atoms with Crippen molar-refractivity contribution in [1.29, 1.82) is 0 Å². The van der Waals surface area contributed by atoms with E-state index in [4.69, 9.17) is 5.10 Å². The van der Waals surface area contributed by atoms with Crippen LogP contribution in [0.4, 0.5) is 0 Å². The minimum atomic E-state index is 0.934. The molecular formula is C40H75N3. The van der Waals surface area contributed by atoms with Gasteiger partial charge in [-0.3, -0.25) is 0 Å². The van der Waals surface area contributed by atoms with Gasteiger partial charge in [0.2, 0.25) is 0 Å². The third kappa shape index (κ3) is 36.5. The lowest BCUT2D eigenvalue weighted by Gasteiger charge is -2.11. The van der Waals surface area contributed by atoms with E-state index < -0.39 is 0 Å². The fourth-order valence-electron chi connectivity index (χ4n) is 5.12. The molecule has 0 heterocycles. The van der Waals surface area contributed by atoms with E-state index in [1.54, 1.807) is 0 Å². The van der Waals surface area contributed by atoms with Crippen molar-refractivity contribution in [2.45, 2.75) is 174 Å². The van der Waals surface area contributed by atoms with E-state index >= 15 is 0 Å². The first-order valence-corrected chi connectivity index (χ1v) is 18.7. The molecule has 0 aliphatic rings. The second kappa shape index (κ2) is 36.6. The largest absolute Gasteiger partial charge is 0.309 e. The number of hydrogen-bond acceptors (Lipinski definition) is 3. The van der Waals surface area contributed by atoms with Crippen molar-refractivity contribution in [1.82, 2.24) is 10.3 Å². The average molecular weight is 598 g/mol. The van der Waals surface area contributed by atoms with Crippen molar-refractivity contribution in [2.24, 2.45) is 5.10 Å². The van der Waals surface area contributed by atoms with Crippen LogP contribution in [0.2, 0.25) is 0 Å².